The Balaban J connectivity index is 2.78. The molecule has 0 aliphatic heterocycles. The maximum Gasteiger partial charge on any atom is 0.513 e. The molecule has 3 atom stereocenters. The zero-order chi connectivity index (χ0) is 29.9. The minimum Gasteiger partial charge on any atom is -0.461 e. The molecule has 12 nitrogen and oxygen atoms in total. The summed E-state index contributed by atoms with van der Waals surface area (Å²) >= 11 is 0. The maximum atomic E-state index is 12.4. The first-order valence-corrected chi connectivity index (χ1v) is 13.7. The monoisotopic (exact) mass is 569 g/mol. The van der Waals surface area contributed by atoms with Crippen LogP contribution in [0.5, 0.6) is 11.5 Å². The largest absolute Gasteiger partial charge is 0.513 e. The minimum atomic E-state index is -1.08. The van der Waals surface area contributed by atoms with Crippen LogP contribution in [0.15, 0.2) is 18.2 Å². The molecular formula is C28H43NO11. The molecule has 1 aromatic rings. The van der Waals surface area contributed by atoms with Crippen molar-refractivity contribution in [3.63, 3.8) is 0 Å². The molecule has 0 aliphatic rings. The maximum absolute atomic E-state index is 12.4. The van der Waals surface area contributed by atoms with E-state index >= 15 is 0 Å². The SMILES string of the molecule is CCCCOC(=O)Oc1ccc(C[C@H](N)C(=O)OC[C@H](C)OC(=O)OC(C)CCC)cc1OC(=O)OCCCC. The molecule has 1 unspecified atom stereocenters. The summed E-state index contributed by atoms with van der Waals surface area (Å²) in [6.07, 6.45) is 0.750. The summed E-state index contributed by atoms with van der Waals surface area (Å²) < 4.78 is 35.8. The number of rotatable bonds is 17. The van der Waals surface area contributed by atoms with Gasteiger partial charge < -0.3 is 38.9 Å². The molecule has 1 rings (SSSR count). The molecule has 0 saturated heterocycles. The molecule has 12 heteroatoms. The van der Waals surface area contributed by atoms with Gasteiger partial charge in [0.2, 0.25) is 0 Å². The number of unbranched alkanes of at least 4 members (excludes halogenated alkanes) is 2. The summed E-state index contributed by atoms with van der Waals surface area (Å²) in [5, 5.41) is 0. The van der Waals surface area contributed by atoms with E-state index in [-0.39, 0.29) is 43.8 Å². The number of nitrogens with two attached hydrogens (primary N) is 1. The smallest absolute Gasteiger partial charge is 0.461 e. The Morgan fingerprint density at radius 2 is 1.32 bits per heavy atom. The molecule has 0 saturated carbocycles. The highest BCUT2D eigenvalue weighted by molar-refractivity contribution is 5.76. The van der Waals surface area contributed by atoms with Crippen LogP contribution in [0.3, 0.4) is 0 Å². The van der Waals surface area contributed by atoms with Crippen molar-refractivity contribution in [2.45, 2.75) is 97.8 Å². The first-order valence-electron chi connectivity index (χ1n) is 13.7. The number of carbonyl (C=O) groups excluding carboxylic acids is 4. The van der Waals surface area contributed by atoms with E-state index in [1.54, 1.807) is 19.9 Å². The third-order valence-corrected chi connectivity index (χ3v) is 5.34. The lowest BCUT2D eigenvalue weighted by Crippen LogP contribution is -2.36. The van der Waals surface area contributed by atoms with Crippen molar-refractivity contribution in [3.05, 3.63) is 23.8 Å². The van der Waals surface area contributed by atoms with Gasteiger partial charge in [-0.15, -0.1) is 0 Å². The van der Waals surface area contributed by atoms with Gasteiger partial charge in [0.15, 0.2) is 11.5 Å². The quantitative estimate of drug-likeness (QED) is 0.109. The zero-order valence-corrected chi connectivity index (χ0v) is 24.1. The molecule has 2 N–H and O–H groups in total. The molecule has 0 aliphatic carbocycles. The van der Waals surface area contributed by atoms with Crippen molar-refractivity contribution in [2.75, 3.05) is 19.8 Å². The minimum absolute atomic E-state index is 0.00706. The second-order valence-corrected chi connectivity index (χ2v) is 9.23. The lowest BCUT2D eigenvalue weighted by atomic mass is 10.1. The van der Waals surface area contributed by atoms with E-state index in [0.29, 0.717) is 24.8 Å². The van der Waals surface area contributed by atoms with Crippen LogP contribution in [-0.2, 0) is 34.9 Å². The number of benzene rings is 1. The topological polar surface area (TPSA) is 159 Å². The second-order valence-electron chi connectivity index (χ2n) is 9.23. The van der Waals surface area contributed by atoms with Crippen LogP contribution in [0.1, 0.15) is 78.7 Å². The van der Waals surface area contributed by atoms with Crippen LogP contribution in [0.2, 0.25) is 0 Å². The van der Waals surface area contributed by atoms with Crippen LogP contribution in [0, 0.1) is 0 Å². The van der Waals surface area contributed by atoms with Gasteiger partial charge in [0, 0.05) is 0 Å². The summed E-state index contributed by atoms with van der Waals surface area (Å²) in [6, 6.07) is 3.27. The molecule has 0 aromatic heterocycles. The normalized spacial score (nSPS) is 12.8. The molecule has 0 heterocycles. The molecule has 1 aromatic carbocycles. The highest BCUT2D eigenvalue weighted by Gasteiger charge is 2.22. The van der Waals surface area contributed by atoms with Crippen LogP contribution in [0.25, 0.3) is 0 Å². The zero-order valence-electron chi connectivity index (χ0n) is 24.1. The van der Waals surface area contributed by atoms with Gasteiger partial charge in [0.1, 0.15) is 24.9 Å². The fraction of sp³-hybridized carbons (Fsp3) is 0.643. The van der Waals surface area contributed by atoms with Crippen LogP contribution < -0.4 is 15.2 Å². The van der Waals surface area contributed by atoms with Crippen LogP contribution in [0.4, 0.5) is 14.4 Å². The lowest BCUT2D eigenvalue weighted by Gasteiger charge is -2.18. The van der Waals surface area contributed by atoms with Crippen molar-refractivity contribution >= 4 is 24.4 Å². The molecule has 0 amide bonds. The van der Waals surface area contributed by atoms with Gasteiger partial charge in [-0.1, -0.05) is 46.1 Å². The second kappa shape index (κ2) is 19.5. The lowest BCUT2D eigenvalue weighted by molar-refractivity contribution is -0.148. The number of hydrogen-bond acceptors (Lipinski definition) is 12. The van der Waals surface area contributed by atoms with E-state index in [1.807, 2.05) is 20.8 Å². The molecule has 226 valence electrons. The Labute approximate surface area is 235 Å². The molecule has 0 fully saturated rings. The fourth-order valence-corrected chi connectivity index (χ4v) is 3.18. The number of ether oxygens (including phenoxy) is 7. The van der Waals surface area contributed by atoms with Gasteiger partial charge in [-0.2, -0.15) is 0 Å². The van der Waals surface area contributed by atoms with Crippen LogP contribution in [-0.4, -0.2) is 62.5 Å². The summed E-state index contributed by atoms with van der Waals surface area (Å²) in [4.78, 5) is 48.4. The Hall–Kier alpha value is -3.54. The molecule has 0 bridgehead atoms. The third kappa shape index (κ3) is 14.6. The Morgan fingerprint density at radius 3 is 1.90 bits per heavy atom. The highest BCUT2D eigenvalue weighted by atomic mass is 16.7. The number of hydrogen-bond donors (Lipinski definition) is 1. The fourth-order valence-electron chi connectivity index (χ4n) is 3.18. The molecule has 40 heavy (non-hydrogen) atoms. The number of esters is 1. The van der Waals surface area contributed by atoms with Gasteiger partial charge in [-0.25, -0.2) is 14.4 Å². The van der Waals surface area contributed by atoms with Gasteiger partial charge in [-0.3, -0.25) is 4.79 Å². The van der Waals surface area contributed by atoms with Gasteiger partial charge in [-0.05, 0) is 57.2 Å². The standard InChI is InChI=1S/C28H43NO11/c1-6-9-14-34-26(31)39-23-13-12-21(17-24(23)40-27(32)35-15-10-7-2)16-22(29)25(30)36-18-20(5)38-28(33)37-19(4)11-8-3/h12-13,17,19-20,22H,6-11,14-16,18,29H2,1-5H3/t19?,20-,22-/m0/s1. The van der Waals surface area contributed by atoms with E-state index < -0.39 is 36.6 Å². The van der Waals surface area contributed by atoms with Gasteiger partial charge in [0.05, 0.1) is 13.2 Å². The first-order chi connectivity index (χ1) is 19.1. The van der Waals surface area contributed by atoms with E-state index in [2.05, 4.69) is 0 Å². The van der Waals surface area contributed by atoms with E-state index in [1.165, 1.54) is 12.1 Å². The van der Waals surface area contributed by atoms with Gasteiger partial charge >= 0.3 is 24.4 Å². The molecular weight excluding hydrogens is 526 g/mol. The molecule has 0 spiro atoms. The number of carbonyl (C=O) groups is 4. The summed E-state index contributed by atoms with van der Waals surface area (Å²) in [7, 11) is 0. The van der Waals surface area contributed by atoms with E-state index in [0.717, 1.165) is 19.3 Å². The Bertz CT molecular complexity index is 937. The predicted molar refractivity (Wildman–Crippen MR) is 144 cm³/mol. The first kappa shape index (κ1) is 34.5. The van der Waals surface area contributed by atoms with Crippen molar-refractivity contribution in [3.8, 4) is 11.5 Å². The van der Waals surface area contributed by atoms with Gasteiger partial charge in [0.25, 0.3) is 0 Å². The highest BCUT2D eigenvalue weighted by Crippen LogP contribution is 2.30. The Kier molecular flexibility index (Phi) is 16.8. The average Bonchev–Trinajstić information content (AvgIpc) is 2.89. The summed E-state index contributed by atoms with van der Waals surface area (Å²) in [6.45, 7) is 9.32. The Morgan fingerprint density at radius 1 is 0.750 bits per heavy atom. The van der Waals surface area contributed by atoms with E-state index in [4.69, 9.17) is 38.9 Å². The van der Waals surface area contributed by atoms with Crippen molar-refractivity contribution in [2.24, 2.45) is 5.73 Å². The van der Waals surface area contributed by atoms with Crippen molar-refractivity contribution in [1.29, 1.82) is 0 Å². The molecule has 0 radical (unpaired) electrons. The summed E-state index contributed by atoms with van der Waals surface area (Å²) in [5.74, 6) is -0.908. The summed E-state index contributed by atoms with van der Waals surface area (Å²) in [5.41, 5.74) is 6.50. The predicted octanol–water partition coefficient (Wildman–Crippen LogP) is 5.46. The van der Waals surface area contributed by atoms with Crippen molar-refractivity contribution in [1.82, 2.24) is 0 Å². The van der Waals surface area contributed by atoms with E-state index in [9.17, 15) is 19.2 Å². The van der Waals surface area contributed by atoms with Crippen molar-refractivity contribution < 1.29 is 52.3 Å². The third-order valence-electron chi connectivity index (χ3n) is 5.34. The van der Waals surface area contributed by atoms with Crippen LogP contribution >= 0.6 is 0 Å². The average molecular weight is 570 g/mol.